The zero-order valence-corrected chi connectivity index (χ0v) is 17.3. The Labute approximate surface area is 168 Å². The Kier molecular flexibility index (Phi) is 5.32. The van der Waals surface area contributed by atoms with E-state index in [0.717, 1.165) is 48.1 Å². The molecule has 1 amide bonds. The van der Waals surface area contributed by atoms with Crippen molar-refractivity contribution in [2.75, 3.05) is 17.7 Å². The monoisotopic (exact) mass is 400 g/mol. The van der Waals surface area contributed by atoms with Gasteiger partial charge in [0, 0.05) is 31.5 Å². The van der Waals surface area contributed by atoms with Crippen molar-refractivity contribution in [2.24, 2.45) is 7.05 Å². The van der Waals surface area contributed by atoms with Crippen LogP contribution in [0.4, 0.5) is 5.69 Å². The lowest BCUT2D eigenvalue weighted by Crippen LogP contribution is -2.43. The zero-order valence-electron chi connectivity index (χ0n) is 15.7. The third kappa shape index (κ3) is 3.55. The van der Waals surface area contributed by atoms with Crippen LogP contribution in [0, 0.1) is 0 Å². The topological polar surface area (TPSA) is 51.0 Å². The number of para-hydroxylation sites is 1. The molecule has 1 aliphatic carbocycles. The molecule has 1 unspecified atom stereocenters. The number of aromatic nitrogens is 3. The van der Waals surface area contributed by atoms with E-state index in [1.807, 2.05) is 44.4 Å². The minimum absolute atomic E-state index is 0.164. The third-order valence-electron chi connectivity index (χ3n) is 5.42. The van der Waals surface area contributed by atoms with Crippen molar-refractivity contribution in [3.05, 3.63) is 47.6 Å². The summed E-state index contributed by atoms with van der Waals surface area (Å²) in [7, 11) is 3.89. The number of nitrogens with zero attached hydrogens (tertiary/aromatic N) is 4. The standard InChI is InChI=1S/C20H24N4OS2/c1-23(16-8-4-3-5-9-16)18(25)20(11-6-7-12-20)27-19-22-21-17(24(19)2)15-10-13-26-14-15/h3-5,8-10,13,15H,6-7,11-12,14H2,1-2H3. The second kappa shape index (κ2) is 7.72. The molecule has 0 bridgehead atoms. The number of amides is 1. The Morgan fingerprint density at radius 1 is 1.26 bits per heavy atom. The molecule has 2 aromatic rings. The average molecular weight is 401 g/mol. The molecule has 2 heterocycles. The van der Waals surface area contributed by atoms with Crippen LogP contribution in [0.5, 0.6) is 0 Å². The summed E-state index contributed by atoms with van der Waals surface area (Å²) in [6, 6.07) is 9.87. The van der Waals surface area contributed by atoms with Gasteiger partial charge in [-0.05, 0) is 30.4 Å². The van der Waals surface area contributed by atoms with Gasteiger partial charge in [0.15, 0.2) is 5.16 Å². The average Bonchev–Trinajstić information content (AvgIpc) is 3.45. The molecule has 5 nitrogen and oxygen atoms in total. The fourth-order valence-electron chi connectivity index (χ4n) is 3.82. The van der Waals surface area contributed by atoms with E-state index < -0.39 is 4.75 Å². The van der Waals surface area contributed by atoms with Crippen LogP contribution in [0.25, 0.3) is 0 Å². The fourth-order valence-corrected chi connectivity index (χ4v) is 6.08. The number of rotatable bonds is 5. The SMILES string of the molecule is CN(C(=O)C1(Sc2nnc(C3C=CSC3)n2C)CCCC1)c1ccccc1. The summed E-state index contributed by atoms with van der Waals surface area (Å²) in [5.41, 5.74) is 0.932. The molecule has 1 aromatic carbocycles. The van der Waals surface area contributed by atoms with E-state index in [0.29, 0.717) is 5.92 Å². The second-order valence-electron chi connectivity index (χ2n) is 7.17. The maximum atomic E-state index is 13.5. The van der Waals surface area contributed by atoms with E-state index in [1.54, 1.807) is 28.4 Å². The minimum Gasteiger partial charge on any atom is -0.314 e. The molecule has 1 aliphatic heterocycles. The largest absolute Gasteiger partial charge is 0.314 e. The Bertz CT molecular complexity index is 843. The molecule has 0 spiro atoms. The summed E-state index contributed by atoms with van der Waals surface area (Å²) in [5, 5.41) is 11.8. The molecule has 7 heteroatoms. The molecule has 4 rings (SSSR count). The Balaban J connectivity index is 1.59. The van der Waals surface area contributed by atoms with Gasteiger partial charge in [-0.3, -0.25) is 4.79 Å². The quantitative estimate of drug-likeness (QED) is 0.752. The normalized spacial score (nSPS) is 20.9. The van der Waals surface area contributed by atoms with Gasteiger partial charge in [-0.2, -0.15) is 0 Å². The summed E-state index contributed by atoms with van der Waals surface area (Å²) < 4.78 is 1.62. The van der Waals surface area contributed by atoms with Crippen molar-refractivity contribution in [3.63, 3.8) is 0 Å². The smallest absolute Gasteiger partial charge is 0.243 e. The first-order chi connectivity index (χ1) is 13.1. The number of carbonyl (C=O) groups excluding carboxylic acids is 1. The summed E-state index contributed by atoms with van der Waals surface area (Å²) in [6.45, 7) is 0. The van der Waals surface area contributed by atoms with Gasteiger partial charge in [0.2, 0.25) is 5.91 Å². The highest BCUT2D eigenvalue weighted by Gasteiger charge is 2.45. The highest BCUT2D eigenvalue weighted by Crippen LogP contribution is 2.46. The van der Waals surface area contributed by atoms with Crippen LogP contribution in [0.15, 0.2) is 47.0 Å². The predicted octanol–water partition coefficient (Wildman–Crippen LogP) is 4.23. The molecule has 0 N–H and O–H groups in total. The summed E-state index contributed by atoms with van der Waals surface area (Å²) >= 11 is 3.41. The predicted molar refractivity (Wildman–Crippen MR) is 112 cm³/mol. The van der Waals surface area contributed by atoms with E-state index in [1.165, 1.54) is 0 Å². The lowest BCUT2D eigenvalue weighted by molar-refractivity contribution is -0.120. The molecule has 1 fully saturated rings. The number of benzene rings is 1. The lowest BCUT2D eigenvalue weighted by Gasteiger charge is -2.31. The molecule has 2 aliphatic rings. The fraction of sp³-hybridized carbons (Fsp3) is 0.450. The van der Waals surface area contributed by atoms with Crippen LogP contribution in [-0.4, -0.2) is 38.2 Å². The Hall–Kier alpha value is -1.73. The third-order valence-corrected chi connectivity index (χ3v) is 7.83. The maximum Gasteiger partial charge on any atom is 0.243 e. The van der Waals surface area contributed by atoms with Crippen LogP contribution in [0.1, 0.15) is 37.4 Å². The van der Waals surface area contributed by atoms with Gasteiger partial charge in [0.1, 0.15) is 10.6 Å². The van der Waals surface area contributed by atoms with Crippen molar-refractivity contribution < 1.29 is 4.79 Å². The van der Waals surface area contributed by atoms with E-state index in [9.17, 15) is 4.79 Å². The second-order valence-corrected chi connectivity index (χ2v) is 9.46. The molecular formula is C20H24N4OS2. The van der Waals surface area contributed by atoms with Gasteiger partial charge in [-0.25, -0.2) is 0 Å². The summed E-state index contributed by atoms with van der Waals surface area (Å²) in [6.07, 6.45) is 6.11. The number of thioether (sulfide) groups is 2. The van der Waals surface area contributed by atoms with Gasteiger partial charge in [-0.1, -0.05) is 48.9 Å². The van der Waals surface area contributed by atoms with Crippen LogP contribution < -0.4 is 4.90 Å². The number of hydrogen-bond acceptors (Lipinski definition) is 5. The maximum absolute atomic E-state index is 13.5. The van der Waals surface area contributed by atoms with Crippen molar-refractivity contribution in [1.29, 1.82) is 0 Å². The molecule has 142 valence electrons. The molecule has 27 heavy (non-hydrogen) atoms. The van der Waals surface area contributed by atoms with Crippen LogP contribution in [-0.2, 0) is 11.8 Å². The number of allylic oxidation sites excluding steroid dienone is 1. The van der Waals surface area contributed by atoms with E-state index >= 15 is 0 Å². The Morgan fingerprint density at radius 3 is 2.67 bits per heavy atom. The van der Waals surface area contributed by atoms with Crippen LogP contribution >= 0.6 is 23.5 Å². The van der Waals surface area contributed by atoms with Crippen molar-refractivity contribution in [2.45, 2.75) is 41.5 Å². The van der Waals surface area contributed by atoms with Gasteiger partial charge in [0.05, 0.1) is 0 Å². The highest BCUT2D eigenvalue weighted by molar-refractivity contribution is 8.02. The van der Waals surface area contributed by atoms with E-state index in [4.69, 9.17) is 0 Å². The number of carbonyl (C=O) groups is 1. The van der Waals surface area contributed by atoms with E-state index in [-0.39, 0.29) is 5.91 Å². The molecular weight excluding hydrogens is 376 g/mol. The van der Waals surface area contributed by atoms with Gasteiger partial charge < -0.3 is 9.47 Å². The molecule has 1 saturated carbocycles. The minimum atomic E-state index is -0.455. The van der Waals surface area contributed by atoms with Gasteiger partial charge in [0.25, 0.3) is 0 Å². The first-order valence-electron chi connectivity index (χ1n) is 9.30. The summed E-state index contributed by atoms with van der Waals surface area (Å²) in [4.78, 5) is 15.3. The van der Waals surface area contributed by atoms with E-state index in [2.05, 4.69) is 26.2 Å². The molecule has 1 aromatic heterocycles. The van der Waals surface area contributed by atoms with Gasteiger partial charge >= 0.3 is 0 Å². The first kappa shape index (κ1) is 18.6. The van der Waals surface area contributed by atoms with Crippen molar-refractivity contribution in [1.82, 2.24) is 14.8 Å². The number of anilines is 1. The lowest BCUT2D eigenvalue weighted by atomic mass is 10.1. The first-order valence-corrected chi connectivity index (χ1v) is 11.2. The molecule has 1 atom stereocenters. The van der Waals surface area contributed by atoms with Gasteiger partial charge in [-0.15, -0.1) is 22.0 Å². The van der Waals surface area contributed by atoms with Crippen LogP contribution in [0.2, 0.25) is 0 Å². The highest BCUT2D eigenvalue weighted by atomic mass is 32.2. The zero-order chi connectivity index (χ0) is 18.9. The van der Waals surface area contributed by atoms with Crippen molar-refractivity contribution >= 4 is 35.1 Å². The Morgan fingerprint density at radius 2 is 2.00 bits per heavy atom. The molecule has 0 radical (unpaired) electrons. The summed E-state index contributed by atoms with van der Waals surface area (Å²) in [5.74, 6) is 2.47. The van der Waals surface area contributed by atoms with Crippen molar-refractivity contribution in [3.8, 4) is 0 Å². The molecule has 0 saturated heterocycles. The van der Waals surface area contributed by atoms with Crippen LogP contribution in [0.3, 0.4) is 0 Å². The number of hydrogen-bond donors (Lipinski definition) is 0.